The van der Waals surface area contributed by atoms with E-state index in [0.717, 1.165) is 11.5 Å². The molecule has 84 valence electrons. The summed E-state index contributed by atoms with van der Waals surface area (Å²) in [5, 5.41) is 9.83. The van der Waals surface area contributed by atoms with Crippen LogP contribution in [0.1, 0.15) is 12.5 Å². The Bertz CT molecular complexity index is 467. The first kappa shape index (κ1) is 11.2. The van der Waals surface area contributed by atoms with Crippen LogP contribution in [-0.4, -0.2) is 34.9 Å². The number of anilines is 1. The van der Waals surface area contributed by atoms with Gasteiger partial charge in [0.05, 0.1) is 13.2 Å². The fourth-order valence-electron chi connectivity index (χ4n) is 1.58. The molecule has 16 heavy (non-hydrogen) atoms. The number of nitriles is 1. The molecule has 0 atom stereocenters. The minimum Gasteiger partial charge on any atom is -0.334 e. The number of aromatic nitrogens is 1. The fraction of sp³-hybridized carbons (Fsp3) is 0.444. The molecular weight excluding hydrogens is 248 g/mol. The summed E-state index contributed by atoms with van der Waals surface area (Å²) in [5.41, 5.74) is 0.359. The Kier molecular flexibility index (Phi) is 2.99. The van der Waals surface area contributed by atoms with E-state index in [1.807, 2.05) is 17.9 Å². The lowest BCUT2D eigenvalue weighted by atomic mass is 10.3. The van der Waals surface area contributed by atoms with E-state index in [2.05, 4.69) is 4.37 Å². The molecule has 1 saturated heterocycles. The molecule has 7 heteroatoms. The molecule has 0 aromatic carbocycles. The Labute approximate surface area is 102 Å². The summed E-state index contributed by atoms with van der Waals surface area (Å²) in [4.78, 5) is 15.1. The molecule has 1 aromatic heterocycles. The summed E-state index contributed by atoms with van der Waals surface area (Å²) in [6, 6.07) is 2.01. The van der Waals surface area contributed by atoms with Gasteiger partial charge >= 0.3 is 0 Å². The third-order valence-electron chi connectivity index (χ3n) is 2.43. The molecule has 2 rings (SSSR count). The smallest absolute Gasteiger partial charge is 0.243 e. The number of amides is 1. The van der Waals surface area contributed by atoms with Crippen molar-refractivity contribution in [1.82, 2.24) is 9.27 Å². The van der Waals surface area contributed by atoms with Crippen molar-refractivity contribution >= 4 is 34.0 Å². The number of nitrogens with zero attached hydrogens (tertiary/aromatic N) is 4. The first-order chi connectivity index (χ1) is 7.67. The van der Waals surface area contributed by atoms with Gasteiger partial charge in [-0.1, -0.05) is 11.6 Å². The van der Waals surface area contributed by atoms with Crippen molar-refractivity contribution in [3.05, 3.63) is 10.7 Å². The van der Waals surface area contributed by atoms with Crippen LogP contribution in [0, 0.1) is 11.3 Å². The van der Waals surface area contributed by atoms with Gasteiger partial charge in [0.1, 0.15) is 16.6 Å². The van der Waals surface area contributed by atoms with Crippen LogP contribution in [-0.2, 0) is 4.79 Å². The third-order valence-corrected chi connectivity index (χ3v) is 3.72. The first-order valence-electron chi connectivity index (χ1n) is 4.75. The lowest BCUT2D eigenvalue weighted by molar-refractivity contribution is -0.126. The molecule has 2 heterocycles. The number of likely N-dealkylation sites (N-methyl/N-ethyl adjacent to an activating group) is 1. The maximum atomic E-state index is 11.5. The predicted molar refractivity (Wildman–Crippen MR) is 61.4 cm³/mol. The van der Waals surface area contributed by atoms with E-state index in [1.165, 1.54) is 0 Å². The molecular formula is C9H9ClN4OS. The molecule has 0 unspecified atom stereocenters. The molecule has 1 fully saturated rings. The van der Waals surface area contributed by atoms with Crippen molar-refractivity contribution in [2.75, 3.05) is 24.7 Å². The molecule has 0 saturated carbocycles. The highest BCUT2D eigenvalue weighted by atomic mass is 35.5. The second-order valence-electron chi connectivity index (χ2n) is 3.35. The summed E-state index contributed by atoms with van der Waals surface area (Å²) in [5.74, 6) is 0.0657. The summed E-state index contributed by atoms with van der Waals surface area (Å²) in [6.45, 7) is 3.39. The van der Waals surface area contributed by atoms with Gasteiger partial charge < -0.3 is 9.80 Å². The second kappa shape index (κ2) is 4.28. The van der Waals surface area contributed by atoms with Gasteiger partial charge in [0.2, 0.25) is 5.91 Å². The Balaban J connectivity index is 2.27. The summed E-state index contributed by atoms with van der Waals surface area (Å²) in [6.07, 6.45) is 0. The van der Waals surface area contributed by atoms with Crippen LogP contribution in [0.25, 0.3) is 0 Å². The zero-order chi connectivity index (χ0) is 11.7. The molecule has 0 bridgehead atoms. The molecule has 0 spiro atoms. The van der Waals surface area contributed by atoms with Crippen LogP contribution in [0.4, 0.5) is 5.00 Å². The first-order valence-corrected chi connectivity index (χ1v) is 5.90. The molecule has 0 aliphatic carbocycles. The number of carbonyl (C=O) groups excluding carboxylic acids is 1. The van der Waals surface area contributed by atoms with Gasteiger partial charge in [-0.05, 0) is 18.5 Å². The molecule has 5 nitrogen and oxygen atoms in total. The molecule has 1 amide bonds. The van der Waals surface area contributed by atoms with Crippen LogP contribution in [0.2, 0.25) is 5.15 Å². The second-order valence-corrected chi connectivity index (χ2v) is 4.46. The van der Waals surface area contributed by atoms with Gasteiger partial charge in [0.25, 0.3) is 0 Å². The minimum absolute atomic E-state index is 0.0657. The van der Waals surface area contributed by atoms with Gasteiger partial charge in [0, 0.05) is 6.54 Å². The topological polar surface area (TPSA) is 60.2 Å². The van der Waals surface area contributed by atoms with Gasteiger partial charge in [-0.3, -0.25) is 4.79 Å². The highest BCUT2D eigenvalue weighted by Crippen LogP contribution is 2.32. The summed E-state index contributed by atoms with van der Waals surface area (Å²) < 4.78 is 3.92. The van der Waals surface area contributed by atoms with Crippen molar-refractivity contribution in [3.8, 4) is 6.07 Å². The number of rotatable bonds is 2. The Hall–Kier alpha value is -1.32. The predicted octanol–water partition coefficient (Wildman–Crippen LogP) is 1.29. The van der Waals surface area contributed by atoms with E-state index in [9.17, 15) is 4.79 Å². The zero-order valence-electron chi connectivity index (χ0n) is 8.60. The van der Waals surface area contributed by atoms with Crippen molar-refractivity contribution in [2.45, 2.75) is 6.92 Å². The molecule has 1 aliphatic rings. The SMILES string of the molecule is CCN1CN(c2snc(Cl)c2C#N)CC1=O. The van der Waals surface area contributed by atoms with Gasteiger partial charge in [-0.2, -0.15) is 9.64 Å². The third kappa shape index (κ3) is 1.72. The number of hydrogen-bond acceptors (Lipinski definition) is 5. The van der Waals surface area contributed by atoms with E-state index in [4.69, 9.17) is 16.9 Å². The van der Waals surface area contributed by atoms with Gasteiger partial charge in [-0.25, -0.2) is 0 Å². The Morgan fingerprint density at radius 2 is 2.44 bits per heavy atom. The average molecular weight is 257 g/mol. The van der Waals surface area contributed by atoms with E-state index >= 15 is 0 Å². The van der Waals surface area contributed by atoms with E-state index in [-0.39, 0.29) is 11.1 Å². The Morgan fingerprint density at radius 1 is 1.69 bits per heavy atom. The molecule has 0 radical (unpaired) electrons. The molecule has 1 aromatic rings. The monoisotopic (exact) mass is 256 g/mol. The molecule has 1 aliphatic heterocycles. The van der Waals surface area contributed by atoms with E-state index < -0.39 is 0 Å². The van der Waals surface area contributed by atoms with E-state index in [1.54, 1.807) is 4.90 Å². The van der Waals surface area contributed by atoms with Crippen molar-refractivity contribution in [2.24, 2.45) is 0 Å². The molecule has 0 N–H and O–H groups in total. The highest BCUT2D eigenvalue weighted by Gasteiger charge is 2.29. The Morgan fingerprint density at radius 3 is 3.00 bits per heavy atom. The average Bonchev–Trinajstić information content (AvgIpc) is 2.81. The van der Waals surface area contributed by atoms with Crippen LogP contribution >= 0.6 is 23.1 Å². The van der Waals surface area contributed by atoms with Crippen molar-refractivity contribution in [1.29, 1.82) is 5.26 Å². The summed E-state index contributed by atoms with van der Waals surface area (Å²) >= 11 is 6.94. The quantitative estimate of drug-likeness (QED) is 0.800. The fourth-order valence-corrected chi connectivity index (χ4v) is 2.60. The lowest BCUT2D eigenvalue weighted by Gasteiger charge is -2.16. The normalized spacial score (nSPS) is 15.7. The van der Waals surface area contributed by atoms with Crippen LogP contribution in [0.5, 0.6) is 0 Å². The number of hydrogen-bond donors (Lipinski definition) is 0. The largest absolute Gasteiger partial charge is 0.334 e. The van der Waals surface area contributed by atoms with Crippen molar-refractivity contribution in [3.63, 3.8) is 0 Å². The maximum absolute atomic E-state index is 11.5. The number of carbonyl (C=O) groups is 1. The maximum Gasteiger partial charge on any atom is 0.243 e. The lowest BCUT2D eigenvalue weighted by Crippen LogP contribution is -2.26. The highest BCUT2D eigenvalue weighted by molar-refractivity contribution is 7.10. The van der Waals surface area contributed by atoms with Crippen LogP contribution in [0.15, 0.2) is 0 Å². The van der Waals surface area contributed by atoms with Gasteiger partial charge in [-0.15, -0.1) is 0 Å². The van der Waals surface area contributed by atoms with E-state index in [0.29, 0.717) is 30.3 Å². The summed E-state index contributed by atoms with van der Waals surface area (Å²) in [7, 11) is 0. The zero-order valence-corrected chi connectivity index (χ0v) is 10.2. The minimum atomic E-state index is 0.0657. The standard InChI is InChI=1S/C9H9ClN4OS/c1-2-13-5-14(4-7(13)15)9-6(3-11)8(10)12-16-9/h2,4-5H2,1H3. The van der Waals surface area contributed by atoms with Crippen LogP contribution < -0.4 is 4.90 Å². The van der Waals surface area contributed by atoms with Crippen LogP contribution in [0.3, 0.4) is 0 Å². The van der Waals surface area contributed by atoms with Gasteiger partial charge in [0.15, 0.2) is 5.15 Å². The van der Waals surface area contributed by atoms with Crippen molar-refractivity contribution < 1.29 is 4.79 Å². The number of halogens is 1.